The molecule has 1 aliphatic heterocycles. The number of rotatable bonds is 4. The number of hydrogen-bond acceptors (Lipinski definition) is 4. The van der Waals surface area contributed by atoms with Crippen LogP contribution in [-0.2, 0) is 9.59 Å². The topological polar surface area (TPSA) is 71.5 Å². The zero-order valence-corrected chi connectivity index (χ0v) is 14.7. The van der Waals surface area contributed by atoms with Gasteiger partial charge in [0.05, 0.1) is 18.7 Å². The zero-order chi connectivity index (χ0) is 18.0. The summed E-state index contributed by atoms with van der Waals surface area (Å²) in [5, 5.41) is 3.26. The largest absolute Gasteiger partial charge is 0.495 e. The van der Waals surface area contributed by atoms with Crippen molar-refractivity contribution in [2.45, 2.75) is 13.3 Å². The van der Waals surface area contributed by atoms with Crippen LogP contribution in [-0.4, -0.2) is 30.5 Å². The Balaban J connectivity index is 1.75. The average molecular weight is 360 g/mol. The highest BCUT2D eigenvalue weighted by atomic mass is 35.5. The fraction of sp³-hybridized carbons (Fsp3) is 0.278. The number of nitrogens with zero attached hydrogens (tertiary/aromatic N) is 2. The molecular weight excluding hydrogens is 342 g/mol. The van der Waals surface area contributed by atoms with Gasteiger partial charge in [-0.25, -0.2) is 4.98 Å². The minimum absolute atomic E-state index is 0.132. The first-order chi connectivity index (χ1) is 12.0. The van der Waals surface area contributed by atoms with E-state index in [9.17, 15) is 9.59 Å². The average Bonchev–Trinajstić information content (AvgIpc) is 2.98. The summed E-state index contributed by atoms with van der Waals surface area (Å²) in [5.41, 5.74) is 1.58. The Kier molecular flexibility index (Phi) is 4.90. The molecule has 130 valence electrons. The second-order valence-electron chi connectivity index (χ2n) is 5.93. The second-order valence-corrected chi connectivity index (χ2v) is 6.37. The quantitative estimate of drug-likeness (QED) is 0.910. The molecule has 0 aliphatic carbocycles. The summed E-state index contributed by atoms with van der Waals surface area (Å²) in [5.74, 6) is 0.186. The molecule has 1 fully saturated rings. The van der Waals surface area contributed by atoms with Gasteiger partial charge in [-0.3, -0.25) is 9.59 Å². The van der Waals surface area contributed by atoms with E-state index < -0.39 is 5.92 Å². The number of aryl methyl sites for hydroxylation is 1. The van der Waals surface area contributed by atoms with Gasteiger partial charge in [0, 0.05) is 24.2 Å². The lowest BCUT2D eigenvalue weighted by Gasteiger charge is -2.19. The predicted octanol–water partition coefficient (Wildman–Crippen LogP) is 3.04. The van der Waals surface area contributed by atoms with E-state index in [4.69, 9.17) is 16.3 Å². The molecule has 0 radical (unpaired) electrons. The van der Waals surface area contributed by atoms with Gasteiger partial charge in [-0.2, -0.15) is 0 Å². The van der Waals surface area contributed by atoms with E-state index in [1.807, 2.05) is 13.0 Å². The van der Waals surface area contributed by atoms with Crippen LogP contribution in [0.25, 0.3) is 0 Å². The number of carbonyl (C=O) groups excluding carboxylic acids is 2. The van der Waals surface area contributed by atoms with Crippen molar-refractivity contribution in [1.29, 1.82) is 0 Å². The summed E-state index contributed by atoms with van der Waals surface area (Å²) < 4.78 is 5.30. The molecule has 7 heteroatoms. The van der Waals surface area contributed by atoms with E-state index in [2.05, 4.69) is 10.3 Å². The third-order valence-electron chi connectivity index (χ3n) is 4.09. The van der Waals surface area contributed by atoms with Gasteiger partial charge in [0.1, 0.15) is 11.6 Å². The molecule has 1 saturated heterocycles. The second kappa shape index (κ2) is 7.11. The molecule has 1 atom stereocenters. The molecule has 1 aromatic heterocycles. The maximum atomic E-state index is 12.5. The zero-order valence-electron chi connectivity index (χ0n) is 14.0. The van der Waals surface area contributed by atoms with Gasteiger partial charge in [0.2, 0.25) is 11.8 Å². The number of benzene rings is 1. The Morgan fingerprint density at radius 3 is 2.84 bits per heavy atom. The summed E-state index contributed by atoms with van der Waals surface area (Å²) >= 11 is 6.04. The van der Waals surface area contributed by atoms with Crippen molar-refractivity contribution in [3.8, 4) is 5.75 Å². The molecule has 2 aromatic rings. The summed E-state index contributed by atoms with van der Waals surface area (Å²) in [6.45, 7) is 2.19. The summed E-state index contributed by atoms with van der Waals surface area (Å²) in [6.07, 6.45) is 1.81. The Morgan fingerprint density at radius 2 is 2.16 bits per heavy atom. The van der Waals surface area contributed by atoms with Crippen LogP contribution in [0.5, 0.6) is 5.75 Å². The van der Waals surface area contributed by atoms with Gasteiger partial charge >= 0.3 is 0 Å². The number of ether oxygens (including phenoxy) is 1. The molecule has 1 aliphatic rings. The number of aromatic nitrogens is 1. The van der Waals surface area contributed by atoms with Gasteiger partial charge < -0.3 is 15.0 Å². The number of carbonyl (C=O) groups is 2. The molecule has 3 rings (SSSR count). The monoisotopic (exact) mass is 359 g/mol. The van der Waals surface area contributed by atoms with Crippen LogP contribution in [0.4, 0.5) is 11.5 Å². The van der Waals surface area contributed by atoms with Crippen LogP contribution in [0.3, 0.4) is 0 Å². The molecule has 1 aromatic carbocycles. The molecular formula is C18H18ClN3O3. The predicted molar refractivity (Wildman–Crippen MR) is 96.1 cm³/mol. The van der Waals surface area contributed by atoms with E-state index in [0.29, 0.717) is 22.3 Å². The van der Waals surface area contributed by atoms with E-state index >= 15 is 0 Å². The first kappa shape index (κ1) is 17.2. The van der Waals surface area contributed by atoms with E-state index in [0.717, 1.165) is 5.56 Å². The van der Waals surface area contributed by atoms with Crippen LogP contribution in [0.15, 0.2) is 36.5 Å². The van der Waals surface area contributed by atoms with E-state index in [-0.39, 0.29) is 24.8 Å². The van der Waals surface area contributed by atoms with Crippen molar-refractivity contribution < 1.29 is 14.3 Å². The van der Waals surface area contributed by atoms with Gasteiger partial charge in [-0.1, -0.05) is 17.7 Å². The first-order valence-electron chi connectivity index (χ1n) is 7.85. The Hall–Kier alpha value is -2.60. The maximum absolute atomic E-state index is 12.5. The minimum atomic E-state index is -0.459. The highest BCUT2D eigenvalue weighted by Gasteiger charge is 2.36. The van der Waals surface area contributed by atoms with Crippen LogP contribution in [0, 0.1) is 12.8 Å². The summed E-state index contributed by atoms with van der Waals surface area (Å²) in [4.78, 5) is 30.6. The number of nitrogens with one attached hydrogen (secondary N) is 1. The molecule has 0 bridgehead atoms. The van der Waals surface area contributed by atoms with Crippen LogP contribution in [0.2, 0.25) is 5.02 Å². The van der Waals surface area contributed by atoms with Crippen molar-refractivity contribution in [2.24, 2.45) is 5.92 Å². The number of methoxy groups -OCH3 is 1. The number of amides is 2. The molecule has 2 amide bonds. The lowest BCUT2D eigenvalue weighted by molar-refractivity contribution is -0.122. The van der Waals surface area contributed by atoms with Gasteiger partial charge in [0.25, 0.3) is 0 Å². The molecule has 25 heavy (non-hydrogen) atoms. The summed E-state index contributed by atoms with van der Waals surface area (Å²) in [7, 11) is 1.53. The number of halogens is 1. The minimum Gasteiger partial charge on any atom is -0.495 e. The first-order valence-corrected chi connectivity index (χ1v) is 8.23. The maximum Gasteiger partial charge on any atom is 0.230 e. The third-order valence-corrected chi connectivity index (χ3v) is 4.33. The van der Waals surface area contributed by atoms with Gasteiger partial charge in [0.15, 0.2) is 0 Å². The Labute approximate surface area is 150 Å². The molecule has 1 N–H and O–H groups in total. The number of anilines is 2. The van der Waals surface area contributed by atoms with E-state index in [1.165, 1.54) is 12.0 Å². The molecule has 6 nitrogen and oxygen atoms in total. The van der Waals surface area contributed by atoms with Crippen LogP contribution < -0.4 is 15.0 Å². The van der Waals surface area contributed by atoms with Crippen LogP contribution in [0.1, 0.15) is 12.0 Å². The summed E-state index contributed by atoms with van der Waals surface area (Å²) in [6, 6.07) is 8.67. The van der Waals surface area contributed by atoms with Crippen LogP contribution >= 0.6 is 11.6 Å². The molecule has 2 heterocycles. The van der Waals surface area contributed by atoms with Crippen molar-refractivity contribution in [3.63, 3.8) is 0 Å². The Bertz CT molecular complexity index is 808. The lowest BCUT2D eigenvalue weighted by Crippen LogP contribution is -2.28. The van der Waals surface area contributed by atoms with Gasteiger partial charge in [-0.05, 0) is 36.8 Å². The highest BCUT2D eigenvalue weighted by molar-refractivity contribution is 6.31. The highest BCUT2D eigenvalue weighted by Crippen LogP contribution is 2.35. The lowest BCUT2D eigenvalue weighted by atomic mass is 10.1. The van der Waals surface area contributed by atoms with E-state index in [1.54, 1.807) is 30.5 Å². The Morgan fingerprint density at radius 1 is 1.36 bits per heavy atom. The van der Waals surface area contributed by atoms with Crippen molar-refractivity contribution >= 4 is 34.9 Å². The normalized spacial score (nSPS) is 16.8. The number of hydrogen-bond donors (Lipinski definition) is 1. The third kappa shape index (κ3) is 3.74. The fourth-order valence-corrected chi connectivity index (χ4v) is 2.93. The smallest absolute Gasteiger partial charge is 0.230 e. The van der Waals surface area contributed by atoms with Crippen molar-refractivity contribution in [2.75, 3.05) is 23.9 Å². The van der Waals surface area contributed by atoms with Crippen molar-refractivity contribution in [1.82, 2.24) is 4.98 Å². The number of pyridine rings is 1. The molecule has 0 saturated carbocycles. The molecule has 1 unspecified atom stereocenters. The SMILES string of the molecule is COc1ccc(Cl)cc1N1CC(C(=O)Nc2ccc(C)cn2)CC1=O. The standard InChI is InChI=1S/C18H18ClN3O3/c1-11-3-6-16(20-9-11)21-18(24)12-7-17(23)22(10-12)14-8-13(19)4-5-15(14)25-2/h3-6,8-9,12H,7,10H2,1-2H3,(H,20,21,24). The van der Waals surface area contributed by atoms with Crippen molar-refractivity contribution in [3.05, 3.63) is 47.1 Å². The van der Waals surface area contributed by atoms with Gasteiger partial charge in [-0.15, -0.1) is 0 Å². The fourth-order valence-electron chi connectivity index (χ4n) is 2.76. The molecule has 0 spiro atoms.